The molecule has 0 unspecified atom stereocenters. The van der Waals surface area contributed by atoms with E-state index in [0.717, 1.165) is 0 Å². The largest absolute Gasteiger partial charge is 0.384 e. The lowest BCUT2D eigenvalue weighted by molar-refractivity contribution is 0.505. The van der Waals surface area contributed by atoms with Crippen LogP contribution in [0.3, 0.4) is 0 Å². The van der Waals surface area contributed by atoms with E-state index in [1.807, 2.05) is 6.92 Å². The zero-order chi connectivity index (χ0) is 13.3. The molecule has 0 aliphatic rings. The van der Waals surface area contributed by atoms with Gasteiger partial charge in [0.25, 0.3) is 0 Å². The highest BCUT2D eigenvalue weighted by molar-refractivity contribution is 5.63. The van der Waals surface area contributed by atoms with Crippen LogP contribution in [-0.4, -0.2) is 9.97 Å². The highest BCUT2D eigenvalue weighted by atomic mass is 19.2. The smallest absolute Gasteiger partial charge is 0.168 e. The van der Waals surface area contributed by atoms with Crippen molar-refractivity contribution in [2.24, 2.45) is 0 Å². The van der Waals surface area contributed by atoms with Gasteiger partial charge in [0.2, 0.25) is 0 Å². The van der Waals surface area contributed by atoms with Gasteiger partial charge in [-0.05, 0) is 18.6 Å². The molecule has 0 bridgehead atoms. The van der Waals surface area contributed by atoms with E-state index in [-0.39, 0.29) is 16.9 Å². The van der Waals surface area contributed by atoms with Gasteiger partial charge in [0.15, 0.2) is 11.6 Å². The first-order chi connectivity index (χ1) is 8.52. The van der Waals surface area contributed by atoms with Crippen LogP contribution in [0, 0.1) is 18.6 Å². The predicted molar refractivity (Wildman–Crippen MR) is 65.9 cm³/mol. The fourth-order valence-electron chi connectivity index (χ4n) is 1.66. The van der Waals surface area contributed by atoms with Crippen LogP contribution in [-0.2, 0) is 6.42 Å². The SMILES string of the molecule is CCc1nc(N)cc(-c2ccc(C)c(F)c2F)n1. The van der Waals surface area contributed by atoms with Crippen molar-refractivity contribution in [2.75, 3.05) is 5.73 Å². The van der Waals surface area contributed by atoms with Crippen molar-refractivity contribution in [1.82, 2.24) is 9.97 Å². The molecule has 2 N–H and O–H groups in total. The highest BCUT2D eigenvalue weighted by Crippen LogP contribution is 2.25. The van der Waals surface area contributed by atoms with E-state index < -0.39 is 11.6 Å². The summed E-state index contributed by atoms with van der Waals surface area (Å²) in [5.41, 5.74) is 6.28. The lowest BCUT2D eigenvalue weighted by atomic mass is 10.1. The number of halogens is 2. The first kappa shape index (κ1) is 12.4. The van der Waals surface area contributed by atoms with Crippen molar-refractivity contribution in [1.29, 1.82) is 0 Å². The fraction of sp³-hybridized carbons (Fsp3) is 0.231. The molecular weight excluding hydrogens is 236 g/mol. The molecule has 2 aromatic rings. The van der Waals surface area contributed by atoms with Gasteiger partial charge in [0, 0.05) is 18.1 Å². The monoisotopic (exact) mass is 249 g/mol. The van der Waals surface area contributed by atoms with Gasteiger partial charge in [-0.25, -0.2) is 18.7 Å². The number of nitrogens with zero attached hydrogens (tertiary/aromatic N) is 2. The van der Waals surface area contributed by atoms with Crippen LogP contribution in [0.4, 0.5) is 14.6 Å². The molecule has 0 amide bonds. The van der Waals surface area contributed by atoms with Crippen molar-refractivity contribution < 1.29 is 8.78 Å². The van der Waals surface area contributed by atoms with Gasteiger partial charge < -0.3 is 5.73 Å². The van der Waals surface area contributed by atoms with Gasteiger partial charge in [-0.1, -0.05) is 13.0 Å². The van der Waals surface area contributed by atoms with E-state index >= 15 is 0 Å². The molecule has 0 fully saturated rings. The zero-order valence-corrected chi connectivity index (χ0v) is 10.2. The molecule has 0 atom stereocenters. The molecule has 3 nitrogen and oxygen atoms in total. The third-order valence-electron chi connectivity index (χ3n) is 2.66. The molecule has 0 saturated heterocycles. The normalized spacial score (nSPS) is 10.7. The number of hydrogen-bond acceptors (Lipinski definition) is 3. The Morgan fingerprint density at radius 2 is 1.89 bits per heavy atom. The summed E-state index contributed by atoms with van der Waals surface area (Å²) in [5, 5.41) is 0. The summed E-state index contributed by atoms with van der Waals surface area (Å²) >= 11 is 0. The van der Waals surface area contributed by atoms with E-state index in [9.17, 15) is 8.78 Å². The molecule has 0 saturated carbocycles. The van der Waals surface area contributed by atoms with Crippen LogP contribution >= 0.6 is 0 Å². The minimum Gasteiger partial charge on any atom is -0.384 e. The Balaban J connectivity index is 2.62. The van der Waals surface area contributed by atoms with Gasteiger partial charge in [-0.15, -0.1) is 0 Å². The molecule has 2 rings (SSSR count). The number of anilines is 1. The Morgan fingerprint density at radius 1 is 1.17 bits per heavy atom. The molecule has 18 heavy (non-hydrogen) atoms. The molecule has 1 aromatic carbocycles. The summed E-state index contributed by atoms with van der Waals surface area (Å²) in [6, 6.07) is 4.44. The topological polar surface area (TPSA) is 51.8 Å². The van der Waals surface area contributed by atoms with Crippen LogP contribution < -0.4 is 5.73 Å². The first-order valence-electron chi connectivity index (χ1n) is 5.61. The van der Waals surface area contributed by atoms with E-state index in [1.54, 1.807) is 0 Å². The average Bonchev–Trinajstić information content (AvgIpc) is 2.35. The lowest BCUT2D eigenvalue weighted by Crippen LogP contribution is -2.02. The van der Waals surface area contributed by atoms with Crippen LogP contribution in [0.25, 0.3) is 11.3 Å². The summed E-state index contributed by atoms with van der Waals surface area (Å²) in [4.78, 5) is 8.15. The van der Waals surface area contributed by atoms with E-state index in [1.165, 1.54) is 25.1 Å². The number of hydrogen-bond donors (Lipinski definition) is 1. The van der Waals surface area contributed by atoms with Gasteiger partial charge in [-0.3, -0.25) is 0 Å². The van der Waals surface area contributed by atoms with Gasteiger partial charge in [-0.2, -0.15) is 0 Å². The maximum Gasteiger partial charge on any atom is 0.168 e. The molecule has 1 aromatic heterocycles. The second-order valence-electron chi connectivity index (χ2n) is 4.01. The number of nitrogen functional groups attached to an aromatic ring is 1. The van der Waals surface area contributed by atoms with Crippen LogP contribution in [0.2, 0.25) is 0 Å². The number of benzene rings is 1. The molecule has 5 heteroatoms. The lowest BCUT2D eigenvalue weighted by Gasteiger charge is -2.07. The Bertz CT molecular complexity index is 597. The average molecular weight is 249 g/mol. The number of aromatic nitrogens is 2. The van der Waals surface area contributed by atoms with E-state index in [4.69, 9.17) is 5.73 Å². The number of aryl methyl sites for hydroxylation is 2. The van der Waals surface area contributed by atoms with E-state index in [2.05, 4.69) is 9.97 Å². The van der Waals surface area contributed by atoms with Crippen LogP contribution in [0.5, 0.6) is 0 Å². The first-order valence-corrected chi connectivity index (χ1v) is 5.61. The Morgan fingerprint density at radius 3 is 2.56 bits per heavy atom. The molecular formula is C13H13F2N3. The quantitative estimate of drug-likeness (QED) is 0.890. The molecule has 0 spiro atoms. The summed E-state index contributed by atoms with van der Waals surface area (Å²) in [5.74, 6) is -1.01. The third-order valence-corrected chi connectivity index (χ3v) is 2.66. The Hall–Kier alpha value is -2.04. The maximum absolute atomic E-state index is 13.8. The Labute approximate surface area is 104 Å². The van der Waals surface area contributed by atoms with Crippen molar-refractivity contribution in [3.8, 4) is 11.3 Å². The van der Waals surface area contributed by atoms with Gasteiger partial charge >= 0.3 is 0 Å². The second-order valence-corrected chi connectivity index (χ2v) is 4.01. The maximum atomic E-state index is 13.8. The molecule has 0 aliphatic carbocycles. The number of nitrogens with two attached hydrogens (primary N) is 1. The van der Waals surface area contributed by atoms with Gasteiger partial charge in [0.1, 0.15) is 11.6 Å². The van der Waals surface area contributed by atoms with Gasteiger partial charge in [0.05, 0.1) is 5.69 Å². The zero-order valence-electron chi connectivity index (χ0n) is 10.2. The summed E-state index contributed by atoms with van der Waals surface area (Å²) < 4.78 is 27.3. The minimum absolute atomic E-state index is 0.0990. The van der Waals surface area contributed by atoms with E-state index in [0.29, 0.717) is 17.9 Å². The van der Waals surface area contributed by atoms with Crippen molar-refractivity contribution in [3.05, 3.63) is 41.2 Å². The standard InChI is InChI=1S/C13H13F2N3/c1-3-11-17-9(6-10(16)18-11)8-5-4-7(2)12(14)13(8)15/h4-6H,3H2,1-2H3,(H2,16,17,18). The molecule has 0 radical (unpaired) electrons. The van der Waals surface area contributed by atoms with Crippen molar-refractivity contribution >= 4 is 5.82 Å². The Kier molecular flexibility index (Phi) is 3.23. The summed E-state index contributed by atoms with van der Waals surface area (Å²) in [6.45, 7) is 3.37. The van der Waals surface area contributed by atoms with Crippen molar-refractivity contribution in [3.63, 3.8) is 0 Å². The third kappa shape index (κ3) is 2.16. The van der Waals surface area contributed by atoms with Crippen LogP contribution in [0.15, 0.2) is 18.2 Å². The highest BCUT2D eigenvalue weighted by Gasteiger charge is 2.14. The molecule has 1 heterocycles. The predicted octanol–water partition coefficient (Wildman–Crippen LogP) is 2.87. The molecule has 94 valence electrons. The minimum atomic E-state index is -0.907. The molecule has 0 aliphatic heterocycles. The summed E-state index contributed by atoms with van der Waals surface area (Å²) in [7, 11) is 0. The number of rotatable bonds is 2. The fourth-order valence-corrected chi connectivity index (χ4v) is 1.66. The van der Waals surface area contributed by atoms with Crippen molar-refractivity contribution in [2.45, 2.75) is 20.3 Å². The second kappa shape index (κ2) is 4.68. The van der Waals surface area contributed by atoms with Crippen LogP contribution in [0.1, 0.15) is 18.3 Å². The summed E-state index contributed by atoms with van der Waals surface area (Å²) in [6.07, 6.45) is 0.577.